The molecule has 18 heavy (non-hydrogen) atoms. The summed E-state index contributed by atoms with van der Waals surface area (Å²) in [6.07, 6.45) is 4.78. The van der Waals surface area contributed by atoms with E-state index in [1.807, 2.05) is 6.07 Å². The van der Waals surface area contributed by atoms with E-state index >= 15 is 0 Å². The maximum atomic E-state index is 13.0. The van der Waals surface area contributed by atoms with Crippen LogP contribution in [0.4, 0.5) is 4.39 Å². The number of nitrogens with one attached hydrogen (secondary N) is 1. The van der Waals surface area contributed by atoms with Crippen LogP contribution in [0, 0.1) is 5.82 Å². The molecule has 0 spiro atoms. The number of hydrogen-bond donors (Lipinski definition) is 1. The van der Waals surface area contributed by atoms with Crippen molar-refractivity contribution in [3.8, 4) is 0 Å². The van der Waals surface area contributed by atoms with Gasteiger partial charge < -0.3 is 10.2 Å². The molecule has 0 aromatic heterocycles. The molecule has 2 rings (SSSR count). The minimum atomic E-state index is -0.134. The van der Waals surface area contributed by atoms with Crippen molar-refractivity contribution in [3.63, 3.8) is 0 Å². The van der Waals surface area contributed by atoms with Gasteiger partial charge in [-0.05, 0) is 63.5 Å². The van der Waals surface area contributed by atoms with E-state index in [2.05, 4.69) is 17.3 Å². The van der Waals surface area contributed by atoms with Crippen molar-refractivity contribution in [2.24, 2.45) is 0 Å². The number of nitrogens with zero attached hydrogens (tertiary/aromatic N) is 1. The van der Waals surface area contributed by atoms with Crippen molar-refractivity contribution in [2.75, 3.05) is 26.7 Å². The van der Waals surface area contributed by atoms with Gasteiger partial charge in [0.2, 0.25) is 0 Å². The van der Waals surface area contributed by atoms with E-state index in [0.29, 0.717) is 6.04 Å². The largest absolute Gasteiger partial charge is 0.314 e. The highest BCUT2D eigenvalue weighted by molar-refractivity contribution is 5.16. The van der Waals surface area contributed by atoms with Gasteiger partial charge in [-0.15, -0.1) is 0 Å². The van der Waals surface area contributed by atoms with E-state index in [-0.39, 0.29) is 5.82 Å². The van der Waals surface area contributed by atoms with Gasteiger partial charge in [0, 0.05) is 12.6 Å². The van der Waals surface area contributed by atoms with Gasteiger partial charge in [-0.1, -0.05) is 12.1 Å². The van der Waals surface area contributed by atoms with Crippen LogP contribution in [0.5, 0.6) is 0 Å². The summed E-state index contributed by atoms with van der Waals surface area (Å²) in [7, 11) is 2.15. The first-order chi connectivity index (χ1) is 8.74. The topological polar surface area (TPSA) is 15.3 Å². The van der Waals surface area contributed by atoms with Crippen LogP contribution >= 0.6 is 0 Å². The van der Waals surface area contributed by atoms with Crippen LogP contribution in [-0.2, 0) is 6.42 Å². The molecule has 0 amide bonds. The Morgan fingerprint density at radius 2 is 2.28 bits per heavy atom. The van der Waals surface area contributed by atoms with Gasteiger partial charge in [-0.2, -0.15) is 0 Å². The van der Waals surface area contributed by atoms with Gasteiger partial charge in [-0.25, -0.2) is 4.39 Å². The molecule has 1 aliphatic heterocycles. The van der Waals surface area contributed by atoms with Gasteiger partial charge in [0.15, 0.2) is 0 Å². The first-order valence-corrected chi connectivity index (χ1v) is 6.90. The molecule has 0 bridgehead atoms. The van der Waals surface area contributed by atoms with E-state index in [0.717, 1.165) is 25.1 Å². The molecule has 0 radical (unpaired) electrons. The van der Waals surface area contributed by atoms with Crippen molar-refractivity contribution in [3.05, 3.63) is 35.6 Å². The molecule has 2 nitrogen and oxygen atoms in total. The molecule has 1 aromatic rings. The van der Waals surface area contributed by atoms with E-state index in [9.17, 15) is 4.39 Å². The lowest BCUT2D eigenvalue weighted by Gasteiger charge is -2.19. The fraction of sp³-hybridized carbons (Fsp3) is 0.600. The Morgan fingerprint density at radius 1 is 1.39 bits per heavy atom. The van der Waals surface area contributed by atoms with E-state index in [1.165, 1.54) is 31.9 Å². The molecule has 1 aliphatic rings. The van der Waals surface area contributed by atoms with Gasteiger partial charge >= 0.3 is 0 Å². The quantitative estimate of drug-likeness (QED) is 0.834. The Hall–Kier alpha value is -0.930. The maximum absolute atomic E-state index is 13.0. The molecule has 1 aromatic carbocycles. The Morgan fingerprint density at radius 3 is 3.00 bits per heavy atom. The zero-order valence-electron chi connectivity index (χ0n) is 11.2. The van der Waals surface area contributed by atoms with E-state index in [1.54, 1.807) is 12.1 Å². The molecule has 1 N–H and O–H groups in total. The molecule has 1 heterocycles. The average Bonchev–Trinajstić information content (AvgIpc) is 2.87. The second-order valence-corrected chi connectivity index (χ2v) is 5.27. The highest BCUT2D eigenvalue weighted by atomic mass is 19.1. The van der Waals surface area contributed by atoms with Gasteiger partial charge in [0.25, 0.3) is 0 Å². The normalized spacial score (nSPS) is 19.6. The Bertz CT molecular complexity index is 361. The number of likely N-dealkylation sites (N-methyl/N-ethyl adjacent to an activating group) is 1. The number of hydrogen-bond acceptors (Lipinski definition) is 2. The van der Waals surface area contributed by atoms with Crippen LogP contribution in [0.3, 0.4) is 0 Å². The van der Waals surface area contributed by atoms with Crippen LogP contribution in [0.25, 0.3) is 0 Å². The Labute approximate surface area is 109 Å². The van der Waals surface area contributed by atoms with E-state index < -0.39 is 0 Å². The zero-order valence-corrected chi connectivity index (χ0v) is 11.2. The van der Waals surface area contributed by atoms with Crippen LogP contribution < -0.4 is 5.32 Å². The highest BCUT2D eigenvalue weighted by Crippen LogP contribution is 2.09. The third-order valence-corrected chi connectivity index (χ3v) is 3.69. The minimum Gasteiger partial charge on any atom is -0.314 e. The second kappa shape index (κ2) is 6.86. The summed E-state index contributed by atoms with van der Waals surface area (Å²) in [6, 6.07) is 7.62. The molecule has 1 fully saturated rings. The van der Waals surface area contributed by atoms with Crippen molar-refractivity contribution in [1.29, 1.82) is 0 Å². The Balaban J connectivity index is 1.66. The second-order valence-electron chi connectivity index (χ2n) is 5.27. The lowest BCUT2D eigenvalue weighted by molar-refractivity contribution is 0.316. The first kappa shape index (κ1) is 13.5. The highest BCUT2D eigenvalue weighted by Gasteiger charge is 2.14. The first-order valence-electron chi connectivity index (χ1n) is 6.90. The summed E-state index contributed by atoms with van der Waals surface area (Å²) in [4.78, 5) is 2.34. The van der Waals surface area contributed by atoms with Crippen molar-refractivity contribution < 1.29 is 4.39 Å². The number of halogens is 1. The lowest BCUT2D eigenvalue weighted by Crippen LogP contribution is -2.29. The summed E-state index contributed by atoms with van der Waals surface area (Å²) in [6.45, 7) is 3.29. The van der Waals surface area contributed by atoms with Crippen molar-refractivity contribution in [2.45, 2.75) is 31.7 Å². The third kappa shape index (κ3) is 4.39. The van der Waals surface area contributed by atoms with Crippen LogP contribution in [-0.4, -0.2) is 37.6 Å². The monoisotopic (exact) mass is 250 g/mol. The molecular weight excluding hydrogens is 227 g/mol. The van der Waals surface area contributed by atoms with Gasteiger partial charge in [-0.3, -0.25) is 0 Å². The summed E-state index contributed by atoms with van der Waals surface area (Å²) in [5.41, 5.74) is 1.08. The molecule has 1 atom stereocenters. The summed E-state index contributed by atoms with van der Waals surface area (Å²) >= 11 is 0. The number of rotatable bonds is 6. The Kier molecular flexibility index (Phi) is 5.14. The zero-order chi connectivity index (χ0) is 12.8. The minimum absolute atomic E-state index is 0.134. The lowest BCUT2D eigenvalue weighted by atomic mass is 10.1. The van der Waals surface area contributed by atoms with Crippen LogP contribution in [0.2, 0.25) is 0 Å². The predicted molar refractivity (Wildman–Crippen MR) is 73.2 cm³/mol. The SMILES string of the molecule is CN(CCc1cccc(F)c1)CCC1CCCN1. The van der Waals surface area contributed by atoms with Gasteiger partial charge in [0.1, 0.15) is 5.82 Å². The summed E-state index contributed by atoms with van der Waals surface area (Å²) in [5.74, 6) is -0.134. The smallest absolute Gasteiger partial charge is 0.123 e. The molecule has 3 heteroatoms. The summed E-state index contributed by atoms with van der Waals surface area (Å²) in [5, 5.41) is 3.52. The average molecular weight is 250 g/mol. The van der Waals surface area contributed by atoms with Crippen LogP contribution in [0.1, 0.15) is 24.8 Å². The molecule has 1 saturated heterocycles. The molecule has 0 saturated carbocycles. The van der Waals surface area contributed by atoms with Gasteiger partial charge in [0.05, 0.1) is 0 Å². The molecule has 1 unspecified atom stereocenters. The van der Waals surface area contributed by atoms with Crippen molar-refractivity contribution >= 4 is 0 Å². The fourth-order valence-electron chi connectivity index (χ4n) is 2.50. The standard InChI is InChI=1S/C15H23FN2/c1-18(11-8-15-6-3-9-17-15)10-7-13-4-2-5-14(16)12-13/h2,4-5,12,15,17H,3,6-11H2,1H3. The molecule has 100 valence electrons. The maximum Gasteiger partial charge on any atom is 0.123 e. The van der Waals surface area contributed by atoms with E-state index in [4.69, 9.17) is 0 Å². The molecular formula is C15H23FN2. The third-order valence-electron chi connectivity index (χ3n) is 3.69. The predicted octanol–water partition coefficient (Wildman–Crippen LogP) is 2.44. The summed E-state index contributed by atoms with van der Waals surface area (Å²) < 4.78 is 13.0. The van der Waals surface area contributed by atoms with Crippen molar-refractivity contribution in [1.82, 2.24) is 10.2 Å². The van der Waals surface area contributed by atoms with Crippen LogP contribution in [0.15, 0.2) is 24.3 Å². The number of benzene rings is 1. The molecule has 0 aliphatic carbocycles. The fourth-order valence-corrected chi connectivity index (χ4v) is 2.50.